The molecule has 18 heavy (non-hydrogen) atoms. The summed E-state index contributed by atoms with van der Waals surface area (Å²) in [6, 6.07) is 1.20. The molecule has 1 N–H and O–H groups in total. The predicted molar refractivity (Wildman–Crippen MR) is 78.4 cm³/mol. The van der Waals surface area contributed by atoms with Crippen LogP contribution in [0.4, 0.5) is 0 Å². The van der Waals surface area contributed by atoms with Gasteiger partial charge in [0.2, 0.25) is 0 Å². The van der Waals surface area contributed by atoms with E-state index in [1.807, 2.05) is 18.4 Å². The number of nitrogens with one attached hydrogen (secondary N) is 1. The van der Waals surface area contributed by atoms with Gasteiger partial charge in [0, 0.05) is 35.6 Å². The largest absolute Gasteiger partial charge is 0.317 e. The second-order valence-electron chi connectivity index (χ2n) is 5.63. The summed E-state index contributed by atoms with van der Waals surface area (Å²) in [4.78, 5) is 8.61. The van der Waals surface area contributed by atoms with Gasteiger partial charge in [-0.15, -0.1) is 11.3 Å². The third-order valence-corrected chi connectivity index (χ3v) is 5.05. The summed E-state index contributed by atoms with van der Waals surface area (Å²) in [5.41, 5.74) is 0. The number of likely N-dealkylation sites (N-methyl/N-ethyl adjacent to an activating group) is 1. The van der Waals surface area contributed by atoms with Crippen molar-refractivity contribution >= 4 is 11.3 Å². The molecule has 3 nitrogen and oxygen atoms in total. The molecule has 1 aromatic rings. The summed E-state index contributed by atoms with van der Waals surface area (Å²) in [5, 5.41) is 4.63. The fourth-order valence-electron chi connectivity index (χ4n) is 2.47. The van der Waals surface area contributed by atoms with E-state index in [1.165, 1.54) is 29.4 Å². The average molecular weight is 267 g/mol. The molecule has 102 valence electrons. The topological polar surface area (TPSA) is 28.2 Å². The third kappa shape index (κ3) is 3.31. The van der Waals surface area contributed by atoms with Crippen molar-refractivity contribution in [2.75, 3.05) is 20.1 Å². The Morgan fingerprint density at radius 1 is 1.50 bits per heavy atom. The molecule has 0 bridgehead atoms. The minimum atomic E-state index is 0.536. The Kier molecular flexibility index (Phi) is 4.76. The van der Waals surface area contributed by atoms with Gasteiger partial charge in [0.15, 0.2) is 0 Å². The maximum Gasteiger partial charge on any atom is 0.0971 e. The van der Waals surface area contributed by atoms with E-state index in [4.69, 9.17) is 0 Å². The molecule has 0 spiro atoms. The van der Waals surface area contributed by atoms with Gasteiger partial charge in [-0.2, -0.15) is 0 Å². The quantitative estimate of drug-likeness (QED) is 0.888. The maximum absolute atomic E-state index is 4.64. The van der Waals surface area contributed by atoms with E-state index < -0.39 is 0 Å². The number of aromatic nitrogens is 1. The molecule has 4 heteroatoms. The van der Waals surface area contributed by atoms with Crippen LogP contribution in [0.25, 0.3) is 0 Å². The van der Waals surface area contributed by atoms with Gasteiger partial charge in [-0.25, -0.2) is 4.98 Å². The summed E-state index contributed by atoms with van der Waals surface area (Å²) < 4.78 is 0. The normalized spacial score (nSPS) is 22.8. The Hall–Kier alpha value is -0.450. The van der Waals surface area contributed by atoms with Gasteiger partial charge in [0.25, 0.3) is 0 Å². The molecule has 1 aliphatic rings. The van der Waals surface area contributed by atoms with Crippen LogP contribution < -0.4 is 5.32 Å². The van der Waals surface area contributed by atoms with Crippen LogP contribution in [0.15, 0.2) is 6.20 Å². The summed E-state index contributed by atoms with van der Waals surface area (Å²) >= 11 is 1.91. The highest BCUT2D eigenvalue weighted by atomic mass is 32.1. The zero-order valence-electron chi connectivity index (χ0n) is 11.9. The molecule has 0 radical (unpaired) electrons. The molecule has 1 saturated heterocycles. The highest BCUT2D eigenvalue weighted by Gasteiger charge is 2.27. The Labute approximate surface area is 115 Å². The molecule has 2 unspecified atom stereocenters. The van der Waals surface area contributed by atoms with Crippen molar-refractivity contribution < 1.29 is 0 Å². The number of hydrogen-bond acceptors (Lipinski definition) is 4. The van der Waals surface area contributed by atoms with Gasteiger partial charge in [0.05, 0.1) is 5.01 Å². The summed E-state index contributed by atoms with van der Waals surface area (Å²) in [6.07, 6.45) is 4.44. The predicted octanol–water partition coefficient (Wildman–Crippen LogP) is 2.49. The van der Waals surface area contributed by atoms with Crippen LogP contribution in [-0.2, 0) is 6.42 Å². The first kappa shape index (κ1) is 14.0. The molecule has 0 amide bonds. The van der Waals surface area contributed by atoms with Crippen molar-refractivity contribution in [1.82, 2.24) is 15.2 Å². The molecule has 0 saturated carbocycles. The third-order valence-electron chi connectivity index (χ3n) is 3.87. The second-order valence-corrected chi connectivity index (χ2v) is 6.78. The Bertz CT molecular complexity index is 375. The van der Waals surface area contributed by atoms with Crippen LogP contribution in [0.3, 0.4) is 0 Å². The summed E-state index contributed by atoms with van der Waals surface area (Å²) in [6.45, 7) is 9.19. The van der Waals surface area contributed by atoms with Crippen molar-refractivity contribution in [3.05, 3.63) is 16.1 Å². The van der Waals surface area contributed by atoms with E-state index in [2.05, 4.69) is 42.2 Å². The molecule has 2 heterocycles. The van der Waals surface area contributed by atoms with Crippen molar-refractivity contribution in [3.8, 4) is 0 Å². The Morgan fingerprint density at radius 3 is 2.89 bits per heavy atom. The number of nitrogens with zero attached hydrogens (tertiary/aromatic N) is 2. The lowest BCUT2D eigenvalue weighted by Crippen LogP contribution is -2.27. The molecule has 1 aliphatic heterocycles. The molecular formula is C14H25N3S. The highest BCUT2D eigenvalue weighted by molar-refractivity contribution is 7.11. The molecule has 2 rings (SSSR count). The molecule has 0 aromatic carbocycles. The number of hydrogen-bond donors (Lipinski definition) is 1. The van der Waals surface area contributed by atoms with Crippen molar-refractivity contribution in [3.63, 3.8) is 0 Å². The summed E-state index contributed by atoms with van der Waals surface area (Å²) in [5.74, 6) is 0.663. The van der Waals surface area contributed by atoms with Gasteiger partial charge in [-0.1, -0.05) is 0 Å². The first-order valence-electron chi connectivity index (χ1n) is 6.96. The fraction of sp³-hybridized carbons (Fsp3) is 0.786. The lowest BCUT2D eigenvalue weighted by atomic mass is 10.1. The fourth-order valence-corrected chi connectivity index (χ4v) is 3.64. The van der Waals surface area contributed by atoms with Gasteiger partial charge in [-0.3, -0.25) is 0 Å². The Balaban J connectivity index is 1.94. The van der Waals surface area contributed by atoms with E-state index in [1.54, 1.807) is 0 Å². The Morgan fingerprint density at radius 2 is 2.28 bits per heavy atom. The van der Waals surface area contributed by atoms with E-state index >= 15 is 0 Å². The van der Waals surface area contributed by atoms with Gasteiger partial charge in [0.1, 0.15) is 0 Å². The van der Waals surface area contributed by atoms with Crippen LogP contribution in [0, 0.1) is 0 Å². The first-order valence-corrected chi connectivity index (χ1v) is 7.77. The van der Waals surface area contributed by atoms with E-state index in [9.17, 15) is 0 Å². The van der Waals surface area contributed by atoms with Crippen molar-refractivity contribution in [2.24, 2.45) is 0 Å². The van der Waals surface area contributed by atoms with Gasteiger partial charge < -0.3 is 10.2 Å². The number of thiazole rings is 1. The lowest BCUT2D eigenvalue weighted by Gasteiger charge is -2.19. The monoisotopic (exact) mass is 267 g/mol. The maximum atomic E-state index is 4.64. The van der Waals surface area contributed by atoms with Crippen LogP contribution >= 0.6 is 11.3 Å². The van der Waals surface area contributed by atoms with Crippen molar-refractivity contribution in [2.45, 2.75) is 51.6 Å². The molecular weight excluding hydrogens is 242 g/mol. The zero-order valence-corrected chi connectivity index (χ0v) is 12.8. The first-order chi connectivity index (χ1) is 8.60. The van der Waals surface area contributed by atoms with E-state index in [0.717, 1.165) is 6.42 Å². The molecule has 0 aliphatic carbocycles. The molecule has 1 fully saturated rings. The minimum absolute atomic E-state index is 0.536. The highest BCUT2D eigenvalue weighted by Crippen LogP contribution is 2.31. The van der Waals surface area contributed by atoms with Crippen LogP contribution in [0.5, 0.6) is 0 Å². The van der Waals surface area contributed by atoms with E-state index in [0.29, 0.717) is 18.0 Å². The van der Waals surface area contributed by atoms with Crippen LogP contribution in [-0.4, -0.2) is 42.1 Å². The van der Waals surface area contributed by atoms with Gasteiger partial charge in [-0.05, 0) is 47.2 Å². The van der Waals surface area contributed by atoms with Crippen LogP contribution in [0.2, 0.25) is 0 Å². The van der Waals surface area contributed by atoms with Crippen LogP contribution in [0.1, 0.15) is 43.0 Å². The van der Waals surface area contributed by atoms with Gasteiger partial charge >= 0.3 is 0 Å². The average Bonchev–Trinajstić information content (AvgIpc) is 2.96. The lowest BCUT2D eigenvalue weighted by molar-refractivity contribution is 0.272. The standard InChI is InChI=1S/C14H25N3S/c1-10(2)17-6-5-12(9-17)14-16-8-13(18-14)7-11(3)15-4/h8,10-12,15H,5-7,9H2,1-4H3. The zero-order chi connectivity index (χ0) is 13.1. The number of rotatable bonds is 5. The molecule has 2 atom stereocenters. The van der Waals surface area contributed by atoms with E-state index in [-0.39, 0.29) is 0 Å². The second kappa shape index (κ2) is 6.13. The number of likely N-dealkylation sites (tertiary alicyclic amines) is 1. The minimum Gasteiger partial charge on any atom is -0.317 e. The smallest absolute Gasteiger partial charge is 0.0971 e. The molecule has 1 aromatic heterocycles. The SMILES string of the molecule is CNC(C)Cc1cnc(C2CCN(C(C)C)C2)s1. The summed E-state index contributed by atoms with van der Waals surface area (Å²) in [7, 11) is 2.02. The van der Waals surface area contributed by atoms with Crippen molar-refractivity contribution in [1.29, 1.82) is 0 Å².